The SMILES string of the molecule is CCC(C)C1CCCCC1C(=O)C(C)(C)O. The van der Waals surface area contributed by atoms with Crippen molar-refractivity contribution in [2.45, 2.75) is 65.4 Å². The maximum atomic E-state index is 12.2. The van der Waals surface area contributed by atoms with Crippen molar-refractivity contribution in [1.82, 2.24) is 0 Å². The first-order valence-electron chi connectivity index (χ1n) is 6.64. The Morgan fingerprint density at radius 2 is 1.94 bits per heavy atom. The van der Waals surface area contributed by atoms with Gasteiger partial charge in [0, 0.05) is 5.92 Å². The molecule has 0 aromatic heterocycles. The first-order chi connectivity index (χ1) is 7.38. The Kier molecular flexibility index (Phi) is 4.54. The highest BCUT2D eigenvalue weighted by atomic mass is 16.3. The van der Waals surface area contributed by atoms with Crippen molar-refractivity contribution < 1.29 is 9.90 Å². The van der Waals surface area contributed by atoms with E-state index in [2.05, 4.69) is 13.8 Å². The predicted molar refractivity (Wildman–Crippen MR) is 66.2 cm³/mol. The van der Waals surface area contributed by atoms with E-state index in [4.69, 9.17) is 0 Å². The van der Waals surface area contributed by atoms with Crippen LogP contribution in [0.3, 0.4) is 0 Å². The molecule has 0 bridgehead atoms. The molecule has 0 aromatic carbocycles. The molecule has 2 heteroatoms. The van der Waals surface area contributed by atoms with Gasteiger partial charge in [-0.15, -0.1) is 0 Å². The zero-order valence-corrected chi connectivity index (χ0v) is 11.1. The van der Waals surface area contributed by atoms with Crippen LogP contribution in [0.5, 0.6) is 0 Å². The zero-order valence-electron chi connectivity index (χ0n) is 11.1. The molecule has 0 aliphatic heterocycles. The fraction of sp³-hybridized carbons (Fsp3) is 0.929. The number of hydrogen-bond acceptors (Lipinski definition) is 2. The van der Waals surface area contributed by atoms with Crippen LogP contribution in [0.25, 0.3) is 0 Å². The summed E-state index contributed by atoms with van der Waals surface area (Å²) in [6, 6.07) is 0. The molecule has 1 aliphatic rings. The van der Waals surface area contributed by atoms with Gasteiger partial charge in [-0.25, -0.2) is 0 Å². The Hall–Kier alpha value is -0.370. The standard InChI is InChI=1S/C14H26O2/c1-5-10(2)11-8-6-7-9-12(11)13(15)14(3,4)16/h10-12,16H,5-9H2,1-4H3. The van der Waals surface area contributed by atoms with Crippen LogP contribution in [0.4, 0.5) is 0 Å². The molecule has 0 saturated heterocycles. The van der Waals surface area contributed by atoms with Crippen molar-refractivity contribution in [3.63, 3.8) is 0 Å². The summed E-state index contributed by atoms with van der Waals surface area (Å²) >= 11 is 0. The summed E-state index contributed by atoms with van der Waals surface area (Å²) in [6.45, 7) is 7.67. The average Bonchev–Trinajstić information content (AvgIpc) is 2.25. The van der Waals surface area contributed by atoms with E-state index in [-0.39, 0.29) is 11.7 Å². The van der Waals surface area contributed by atoms with Gasteiger partial charge in [0.05, 0.1) is 0 Å². The minimum Gasteiger partial charge on any atom is -0.383 e. The first-order valence-corrected chi connectivity index (χ1v) is 6.64. The van der Waals surface area contributed by atoms with E-state index in [1.807, 2.05) is 0 Å². The van der Waals surface area contributed by atoms with Gasteiger partial charge in [-0.1, -0.05) is 33.1 Å². The second-order valence-corrected chi connectivity index (χ2v) is 5.86. The lowest BCUT2D eigenvalue weighted by atomic mass is 9.68. The van der Waals surface area contributed by atoms with Crippen LogP contribution >= 0.6 is 0 Å². The van der Waals surface area contributed by atoms with E-state index in [1.54, 1.807) is 13.8 Å². The molecule has 0 heterocycles. The third kappa shape index (κ3) is 3.07. The molecule has 3 atom stereocenters. The second-order valence-electron chi connectivity index (χ2n) is 5.86. The Morgan fingerprint density at radius 3 is 2.44 bits per heavy atom. The van der Waals surface area contributed by atoms with E-state index in [9.17, 15) is 9.90 Å². The van der Waals surface area contributed by atoms with Crippen molar-refractivity contribution in [1.29, 1.82) is 0 Å². The molecule has 1 saturated carbocycles. The van der Waals surface area contributed by atoms with Crippen LogP contribution in [0.15, 0.2) is 0 Å². The number of ketones is 1. The monoisotopic (exact) mass is 226 g/mol. The molecule has 1 N–H and O–H groups in total. The largest absolute Gasteiger partial charge is 0.383 e. The molecule has 0 aromatic rings. The van der Waals surface area contributed by atoms with Crippen molar-refractivity contribution in [2.24, 2.45) is 17.8 Å². The van der Waals surface area contributed by atoms with E-state index in [1.165, 1.54) is 6.42 Å². The normalized spacial score (nSPS) is 28.8. The summed E-state index contributed by atoms with van der Waals surface area (Å²) in [5, 5.41) is 9.86. The first kappa shape index (κ1) is 13.7. The minimum absolute atomic E-state index is 0.0532. The van der Waals surface area contributed by atoms with Crippen LogP contribution in [-0.4, -0.2) is 16.5 Å². The summed E-state index contributed by atoms with van der Waals surface area (Å²) in [5.74, 6) is 1.22. The van der Waals surface area contributed by atoms with Crippen LogP contribution in [0, 0.1) is 17.8 Å². The molecule has 94 valence electrons. The lowest BCUT2D eigenvalue weighted by Crippen LogP contribution is -2.42. The number of aliphatic hydroxyl groups is 1. The van der Waals surface area contributed by atoms with Crippen LogP contribution in [-0.2, 0) is 4.79 Å². The second kappa shape index (κ2) is 5.31. The Morgan fingerprint density at radius 1 is 1.38 bits per heavy atom. The Labute approximate surface area is 99.4 Å². The Balaban J connectivity index is 2.78. The van der Waals surface area contributed by atoms with E-state index < -0.39 is 5.60 Å². The molecule has 1 fully saturated rings. The van der Waals surface area contributed by atoms with Gasteiger partial charge in [-0.05, 0) is 38.5 Å². The molecule has 1 rings (SSSR count). The topological polar surface area (TPSA) is 37.3 Å². The highest BCUT2D eigenvalue weighted by Gasteiger charge is 2.39. The summed E-state index contributed by atoms with van der Waals surface area (Å²) in [5.41, 5.74) is -1.16. The summed E-state index contributed by atoms with van der Waals surface area (Å²) in [7, 11) is 0. The van der Waals surface area contributed by atoms with Gasteiger partial charge in [-0.2, -0.15) is 0 Å². The van der Waals surface area contributed by atoms with E-state index in [0.717, 1.165) is 25.7 Å². The van der Waals surface area contributed by atoms with Gasteiger partial charge < -0.3 is 5.11 Å². The molecule has 0 radical (unpaired) electrons. The number of carbonyl (C=O) groups is 1. The van der Waals surface area contributed by atoms with Gasteiger partial charge in [0.2, 0.25) is 0 Å². The van der Waals surface area contributed by atoms with Crippen molar-refractivity contribution >= 4 is 5.78 Å². The quantitative estimate of drug-likeness (QED) is 0.799. The van der Waals surface area contributed by atoms with E-state index >= 15 is 0 Å². The number of carbonyl (C=O) groups excluding carboxylic acids is 1. The summed E-state index contributed by atoms with van der Waals surface area (Å²) in [6.07, 6.45) is 5.63. The van der Waals surface area contributed by atoms with Crippen molar-refractivity contribution in [3.8, 4) is 0 Å². The van der Waals surface area contributed by atoms with Gasteiger partial charge in [0.25, 0.3) is 0 Å². The summed E-state index contributed by atoms with van der Waals surface area (Å²) in [4.78, 5) is 12.2. The predicted octanol–water partition coefficient (Wildman–Crippen LogP) is 3.18. The highest BCUT2D eigenvalue weighted by molar-refractivity contribution is 5.88. The third-order valence-corrected chi connectivity index (χ3v) is 4.13. The van der Waals surface area contributed by atoms with Crippen molar-refractivity contribution in [2.75, 3.05) is 0 Å². The minimum atomic E-state index is -1.16. The molecule has 16 heavy (non-hydrogen) atoms. The number of Topliss-reactive ketones (excluding diaryl/α,β-unsaturated/α-hetero) is 1. The fourth-order valence-corrected chi connectivity index (χ4v) is 2.92. The molecular formula is C14H26O2. The maximum absolute atomic E-state index is 12.2. The van der Waals surface area contributed by atoms with Gasteiger partial charge in [0.15, 0.2) is 5.78 Å². The number of rotatable bonds is 4. The average molecular weight is 226 g/mol. The maximum Gasteiger partial charge on any atom is 0.167 e. The molecular weight excluding hydrogens is 200 g/mol. The summed E-state index contributed by atoms with van der Waals surface area (Å²) < 4.78 is 0. The molecule has 0 spiro atoms. The van der Waals surface area contributed by atoms with Crippen LogP contribution in [0.2, 0.25) is 0 Å². The Bertz CT molecular complexity index is 240. The van der Waals surface area contributed by atoms with Gasteiger partial charge in [0.1, 0.15) is 5.60 Å². The molecule has 1 aliphatic carbocycles. The smallest absolute Gasteiger partial charge is 0.167 e. The third-order valence-electron chi connectivity index (χ3n) is 4.13. The van der Waals surface area contributed by atoms with Crippen LogP contribution < -0.4 is 0 Å². The number of hydrogen-bond donors (Lipinski definition) is 1. The van der Waals surface area contributed by atoms with E-state index in [0.29, 0.717) is 11.8 Å². The lowest BCUT2D eigenvalue weighted by molar-refractivity contribution is -0.142. The fourth-order valence-electron chi connectivity index (χ4n) is 2.92. The van der Waals surface area contributed by atoms with Gasteiger partial charge in [-0.3, -0.25) is 4.79 Å². The molecule has 3 unspecified atom stereocenters. The lowest BCUT2D eigenvalue weighted by Gasteiger charge is -2.37. The zero-order chi connectivity index (χ0) is 12.3. The van der Waals surface area contributed by atoms with Crippen LogP contribution in [0.1, 0.15) is 59.8 Å². The highest BCUT2D eigenvalue weighted by Crippen LogP contribution is 2.38. The van der Waals surface area contributed by atoms with Gasteiger partial charge >= 0.3 is 0 Å². The molecule has 0 amide bonds. The molecule has 2 nitrogen and oxygen atoms in total. The van der Waals surface area contributed by atoms with Crippen molar-refractivity contribution in [3.05, 3.63) is 0 Å².